The Labute approximate surface area is 176 Å². The van der Waals surface area contributed by atoms with Gasteiger partial charge in [-0.05, 0) is 19.3 Å². The van der Waals surface area contributed by atoms with Gasteiger partial charge in [-0.15, -0.1) is 0 Å². The predicted octanol–water partition coefficient (Wildman–Crippen LogP) is 3.50. The van der Waals surface area contributed by atoms with Crippen LogP contribution in [-0.2, 0) is 9.53 Å². The Balaban J connectivity index is 0. The van der Waals surface area contributed by atoms with Gasteiger partial charge in [0.2, 0.25) is 0 Å². The summed E-state index contributed by atoms with van der Waals surface area (Å²) in [6.07, 6.45) is 19.3. The highest BCUT2D eigenvalue weighted by molar-refractivity contribution is 5.69. The van der Waals surface area contributed by atoms with Gasteiger partial charge in [-0.25, -0.2) is 0 Å². The summed E-state index contributed by atoms with van der Waals surface area (Å²) in [6.45, 7) is 7.04. The molecule has 0 aromatic carbocycles. The maximum absolute atomic E-state index is 11.7. The van der Waals surface area contributed by atoms with Gasteiger partial charge in [0.1, 0.15) is 0 Å². The molecule has 164 valence electrons. The van der Waals surface area contributed by atoms with E-state index in [0.717, 1.165) is 23.9 Å². The lowest BCUT2D eigenvalue weighted by Gasteiger charge is -2.29. The van der Waals surface area contributed by atoms with E-state index in [2.05, 4.69) is 27.9 Å². The zero-order valence-electron chi connectivity index (χ0n) is 18.9. The smallest absolute Gasteiger partial charge is 0.311 e. The number of carbonyl (C=O) groups excluding carboxylic acids is 1. The molecule has 3 nitrogen and oxygen atoms in total. The van der Waals surface area contributed by atoms with Crippen LogP contribution in [0, 0.1) is 0 Å². The fourth-order valence-electron chi connectivity index (χ4n) is 3.29. The van der Waals surface area contributed by atoms with Gasteiger partial charge in [-0.1, -0.05) is 84.5 Å². The van der Waals surface area contributed by atoms with Gasteiger partial charge in [-0.2, -0.15) is 0 Å². The molecule has 0 radical (unpaired) electrons. The summed E-state index contributed by atoms with van der Waals surface area (Å²) in [5.74, 6) is -0.0284. The SMILES string of the molecule is CCCCCCCCCCCCCC[N+](C)(C)CCC(=O)OCCCC.[Cl-]. The number of rotatable bonds is 19. The number of esters is 1. The molecule has 27 heavy (non-hydrogen) atoms. The zero-order valence-corrected chi connectivity index (χ0v) is 19.6. The van der Waals surface area contributed by atoms with Crippen molar-refractivity contribution < 1.29 is 26.4 Å². The lowest BCUT2D eigenvalue weighted by Crippen LogP contribution is -3.00. The van der Waals surface area contributed by atoms with Crippen molar-refractivity contribution in [3.8, 4) is 0 Å². The maximum Gasteiger partial charge on any atom is 0.311 e. The molecule has 0 aromatic heterocycles. The molecule has 0 saturated carbocycles. The van der Waals surface area contributed by atoms with Crippen LogP contribution in [0.2, 0.25) is 0 Å². The van der Waals surface area contributed by atoms with E-state index >= 15 is 0 Å². The summed E-state index contributed by atoms with van der Waals surface area (Å²) >= 11 is 0. The van der Waals surface area contributed by atoms with Crippen molar-refractivity contribution in [1.29, 1.82) is 0 Å². The van der Waals surface area contributed by atoms with Crippen LogP contribution in [0.4, 0.5) is 0 Å². The van der Waals surface area contributed by atoms with Crippen molar-refractivity contribution in [3.05, 3.63) is 0 Å². The van der Waals surface area contributed by atoms with Gasteiger partial charge < -0.3 is 21.6 Å². The molecule has 0 aromatic rings. The van der Waals surface area contributed by atoms with E-state index < -0.39 is 0 Å². The van der Waals surface area contributed by atoms with Gasteiger partial charge in [0.15, 0.2) is 0 Å². The second-order valence-corrected chi connectivity index (χ2v) is 8.60. The number of carbonyl (C=O) groups is 1. The van der Waals surface area contributed by atoms with Crippen LogP contribution in [-0.4, -0.2) is 44.2 Å². The first-order valence-electron chi connectivity index (χ1n) is 11.5. The third-order valence-corrected chi connectivity index (χ3v) is 5.30. The largest absolute Gasteiger partial charge is 1.00 e. The normalized spacial score (nSPS) is 11.3. The Kier molecular flexibility index (Phi) is 21.9. The van der Waals surface area contributed by atoms with Crippen molar-refractivity contribution >= 4 is 5.97 Å². The minimum absolute atomic E-state index is 0. The van der Waals surface area contributed by atoms with Gasteiger partial charge in [0.05, 0.1) is 40.2 Å². The summed E-state index contributed by atoms with van der Waals surface area (Å²) in [5.41, 5.74) is 0. The van der Waals surface area contributed by atoms with E-state index in [9.17, 15) is 4.79 Å². The topological polar surface area (TPSA) is 26.3 Å². The van der Waals surface area contributed by atoms with E-state index in [-0.39, 0.29) is 18.4 Å². The van der Waals surface area contributed by atoms with Crippen LogP contribution in [0.25, 0.3) is 0 Å². The highest BCUT2D eigenvalue weighted by Gasteiger charge is 2.17. The lowest BCUT2D eigenvalue weighted by atomic mass is 10.1. The molecular formula is C23H48ClNO2. The first-order valence-corrected chi connectivity index (χ1v) is 11.5. The van der Waals surface area contributed by atoms with E-state index in [1.807, 2.05) is 0 Å². The fourth-order valence-corrected chi connectivity index (χ4v) is 3.29. The number of hydrogen-bond donors (Lipinski definition) is 0. The zero-order chi connectivity index (χ0) is 19.5. The summed E-state index contributed by atoms with van der Waals surface area (Å²) in [6, 6.07) is 0. The van der Waals surface area contributed by atoms with Crippen molar-refractivity contribution in [1.82, 2.24) is 0 Å². The average molecular weight is 406 g/mol. The van der Waals surface area contributed by atoms with Crippen LogP contribution >= 0.6 is 0 Å². The van der Waals surface area contributed by atoms with Crippen LogP contribution in [0.15, 0.2) is 0 Å². The Bertz CT molecular complexity index is 322. The number of quaternary nitrogens is 1. The van der Waals surface area contributed by atoms with E-state index in [1.165, 1.54) is 83.6 Å². The first kappa shape index (κ1) is 28.9. The number of hydrogen-bond acceptors (Lipinski definition) is 2. The first-order chi connectivity index (χ1) is 12.5. The third-order valence-electron chi connectivity index (χ3n) is 5.30. The van der Waals surface area contributed by atoms with Crippen LogP contribution in [0.5, 0.6) is 0 Å². The minimum atomic E-state index is -0.0284. The molecule has 4 heteroatoms. The van der Waals surface area contributed by atoms with Gasteiger partial charge >= 0.3 is 5.97 Å². The van der Waals surface area contributed by atoms with Crippen LogP contribution < -0.4 is 12.4 Å². The summed E-state index contributed by atoms with van der Waals surface area (Å²) in [5, 5.41) is 0. The molecule has 0 aliphatic carbocycles. The molecule has 0 atom stereocenters. The Morgan fingerprint density at radius 1 is 0.667 bits per heavy atom. The van der Waals surface area contributed by atoms with Crippen LogP contribution in [0.1, 0.15) is 110 Å². The summed E-state index contributed by atoms with van der Waals surface area (Å²) < 4.78 is 6.18. The van der Waals surface area contributed by atoms with Gasteiger partial charge in [0, 0.05) is 0 Å². The second-order valence-electron chi connectivity index (χ2n) is 8.60. The van der Waals surface area contributed by atoms with Crippen molar-refractivity contribution in [2.75, 3.05) is 33.8 Å². The van der Waals surface area contributed by atoms with Gasteiger partial charge in [-0.3, -0.25) is 4.79 Å². The molecule has 0 aliphatic heterocycles. The van der Waals surface area contributed by atoms with Crippen molar-refractivity contribution in [2.24, 2.45) is 0 Å². The molecule has 0 unspecified atom stereocenters. The average Bonchev–Trinajstić information content (AvgIpc) is 2.61. The molecule has 0 fully saturated rings. The standard InChI is InChI=1S/C23H48NO2.ClH/c1-5-7-9-10-11-12-13-14-15-16-17-18-20-24(3,4)21-19-23(25)26-22-8-6-2;/h5-22H2,1-4H3;1H/q+1;/p-1. The Morgan fingerprint density at radius 3 is 1.59 bits per heavy atom. The quantitative estimate of drug-likeness (QED) is 0.187. The van der Waals surface area contributed by atoms with E-state index in [4.69, 9.17) is 4.74 Å². The number of nitrogens with zero attached hydrogens (tertiary/aromatic N) is 1. The highest BCUT2D eigenvalue weighted by atomic mass is 35.5. The van der Waals surface area contributed by atoms with Crippen molar-refractivity contribution in [3.63, 3.8) is 0 Å². The minimum Gasteiger partial charge on any atom is -1.00 e. The summed E-state index contributed by atoms with van der Waals surface area (Å²) in [4.78, 5) is 11.7. The highest BCUT2D eigenvalue weighted by Crippen LogP contribution is 2.13. The number of halogens is 1. The lowest BCUT2D eigenvalue weighted by molar-refractivity contribution is -0.890. The molecule has 0 spiro atoms. The molecule has 0 aliphatic rings. The Hall–Kier alpha value is -0.280. The molecular weight excluding hydrogens is 358 g/mol. The number of ether oxygens (including phenoxy) is 1. The second kappa shape index (κ2) is 20.5. The molecule has 0 amide bonds. The molecule has 0 rings (SSSR count). The monoisotopic (exact) mass is 405 g/mol. The molecule has 0 heterocycles. The number of unbranched alkanes of at least 4 members (excludes halogenated alkanes) is 12. The Morgan fingerprint density at radius 2 is 1.11 bits per heavy atom. The van der Waals surface area contributed by atoms with E-state index in [0.29, 0.717) is 13.0 Å². The molecule has 0 saturated heterocycles. The predicted molar refractivity (Wildman–Crippen MR) is 113 cm³/mol. The molecule has 0 bridgehead atoms. The van der Waals surface area contributed by atoms with E-state index in [1.54, 1.807) is 0 Å². The van der Waals surface area contributed by atoms with Gasteiger partial charge in [0.25, 0.3) is 0 Å². The van der Waals surface area contributed by atoms with Crippen molar-refractivity contribution in [2.45, 2.75) is 110 Å². The third kappa shape index (κ3) is 21.9. The fraction of sp³-hybridized carbons (Fsp3) is 0.957. The van der Waals surface area contributed by atoms with Crippen LogP contribution in [0.3, 0.4) is 0 Å². The molecule has 0 N–H and O–H groups in total. The maximum atomic E-state index is 11.7. The summed E-state index contributed by atoms with van der Waals surface area (Å²) in [7, 11) is 4.47.